The number of hydrogen-bond acceptors (Lipinski definition) is 4. The fraction of sp³-hybridized carbons (Fsp3) is 0.0714. The van der Waals surface area contributed by atoms with Crippen molar-refractivity contribution in [2.75, 3.05) is 17.1 Å². The first-order valence-electron chi connectivity index (χ1n) is 5.90. The molecular weight excluding hydrogens is 293 g/mol. The highest BCUT2D eigenvalue weighted by Crippen LogP contribution is 2.24. The number of halogens is 1. The summed E-state index contributed by atoms with van der Waals surface area (Å²) in [7, 11) is -2.58. The molecule has 21 heavy (non-hydrogen) atoms. The molecule has 0 saturated carbocycles. The lowest BCUT2D eigenvalue weighted by molar-refractivity contribution is 0.589. The molecule has 0 atom stereocenters. The quantitative estimate of drug-likeness (QED) is 0.880. The Balaban J connectivity index is 2.44. The van der Waals surface area contributed by atoms with Crippen LogP contribution in [0.15, 0.2) is 47.4 Å². The molecule has 0 saturated heterocycles. The Morgan fingerprint density at radius 3 is 2.33 bits per heavy atom. The van der Waals surface area contributed by atoms with Crippen molar-refractivity contribution in [3.05, 3.63) is 53.8 Å². The Labute approximate surface area is 122 Å². The summed E-state index contributed by atoms with van der Waals surface area (Å²) in [6.07, 6.45) is 0. The Bertz CT molecular complexity index is 791. The van der Waals surface area contributed by atoms with E-state index in [4.69, 9.17) is 11.0 Å². The number of anilines is 2. The normalized spacial score (nSPS) is 10.9. The van der Waals surface area contributed by atoms with Gasteiger partial charge in [0.15, 0.2) is 0 Å². The van der Waals surface area contributed by atoms with E-state index in [-0.39, 0.29) is 10.6 Å². The van der Waals surface area contributed by atoms with Crippen LogP contribution in [0.5, 0.6) is 0 Å². The van der Waals surface area contributed by atoms with Crippen LogP contribution in [-0.4, -0.2) is 15.5 Å². The molecule has 0 amide bonds. The molecule has 0 aliphatic heterocycles. The number of nitrogens with zero attached hydrogens (tertiary/aromatic N) is 2. The van der Waals surface area contributed by atoms with E-state index in [2.05, 4.69) is 0 Å². The number of nitrogens with two attached hydrogens (primary N) is 1. The smallest absolute Gasteiger partial charge is 0.264 e. The second-order valence-corrected chi connectivity index (χ2v) is 6.32. The van der Waals surface area contributed by atoms with Gasteiger partial charge in [0.05, 0.1) is 22.2 Å². The Hall–Kier alpha value is -2.59. The van der Waals surface area contributed by atoms with E-state index in [1.807, 2.05) is 6.07 Å². The average molecular weight is 305 g/mol. The fourth-order valence-corrected chi connectivity index (χ4v) is 3.04. The minimum Gasteiger partial charge on any atom is -0.399 e. The van der Waals surface area contributed by atoms with Gasteiger partial charge in [-0.2, -0.15) is 5.26 Å². The summed E-state index contributed by atoms with van der Waals surface area (Å²) in [6.45, 7) is 0. The molecule has 7 heteroatoms. The first kappa shape index (κ1) is 14.8. The van der Waals surface area contributed by atoms with Gasteiger partial charge in [-0.15, -0.1) is 0 Å². The van der Waals surface area contributed by atoms with Crippen LogP contribution < -0.4 is 10.0 Å². The van der Waals surface area contributed by atoms with Crippen LogP contribution in [0.3, 0.4) is 0 Å². The van der Waals surface area contributed by atoms with Gasteiger partial charge < -0.3 is 5.73 Å². The lowest BCUT2D eigenvalue weighted by Gasteiger charge is -2.19. The average Bonchev–Trinajstić information content (AvgIpc) is 2.45. The second kappa shape index (κ2) is 5.42. The third-order valence-electron chi connectivity index (χ3n) is 2.91. The van der Waals surface area contributed by atoms with Crippen molar-refractivity contribution < 1.29 is 12.8 Å². The van der Waals surface area contributed by atoms with E-state index >= 15 is 0 Å². The van der Waals surface area contributed by atoms with Crippen LogP contribution in [-0.2, 0) is 10.0 Å². The topological polar surface area (TPSA) is 87.2 Å². The van der Waals surface area contributed by atoms with E-state index in [0.717, 1.165) is 16.4 Å². The Morgan fingerprint density at radius 1 is 1.19 bits per heavy atom. The van der Waals surface area contributed by atoms with Gasteiger partial charge >= 0.3 is 0 Å². The predicted octanol–water partition coefficient (Wildman–Crippen LogP) is 2.10. The molecule has 0 radical (unpaired) electrons. The van der Waals surface area contributed by atoms with Crippen molar-refractivity contribution in [1.82, 2.24) is 0 Å². The first-order valence-corrected chi connectivity index (χ1v) is 7.34. The standard InChI is InChI=1S/C14H12FN3O2S/c1-18(13-4-2-10(9-16)3-5-13)21(19,20)14-7-11(15)6-12(17)8-14/h2-8H,17H2,1H3. The Morgan fingerprint density at radius 2 is 1.81 bits per heavy atom. The SMILES string of the molecule is CN(c1ccc(C#N)cc1)S(=O)(=O)c1cc(N)cc(F)c1. The highest BCUT2D eigenvalue weighted by Gasteiger charge is 2.22. The number of rotatable bonds is 3. The van der Waals surface area contributed by atoms with E-state index in [9.17, 15) is 12.8 Å². The Kier molecular flexibility index (Phi) is 3.82. The molecule has 0 unspecified atom stereocenters. The molecule has 0 aliphatic carbocycles. The van der Waals surface area contributed by atoms with Crippen molar-refractivity contribution in [1.29, 1.82) is 5.26 Å². The van der Waals surface area contributed by atoms with E-state index in [1.165, 1.54) is 37.4 Å². The summed E-state index contributed by atoms with van der Waals surface area (Å²) in [5.41, 5.74) is 6.28. The lowest BCUT2D eigenvalue weighted by atomic mass is 10.2. The summed E-state index contributed by atoms with van der Waals surface area (Å²) in [6, 6.07) is 11.1. The van der Waals surface area contributed by atoms with Gasteiger partial charge in [0.2, 0.25) is 0 Å². The predicted molar refractivity (Wildman–Crippen MR) is 77.6 cm³/mol. The van der Waals surface area contributed by atoms with Gasteiger partial charge in [0.1, 0.15) is 5.82 Å². The number of nitriles is 1. The second-order valence-electron chi connectivity index (χ2n) is 4.35. The van der Waals surface area contributed by atoms with Gasteiger partial charge in [-0.05, 0) is 42.5 Å². The molecular formula is C14H12FN3O2S. The summed E-state index contributed by atoms with van der Waals surface area (Å²) in [5, 5.41) is 8.73. The molecule has 2 aromatic carbocycles. The molecule has 0 aromatic heterocycles. The maximum Gasteiger partial charge on any atom is 0.264 e. The lowest BCUT2D eigenvalue weighted by Crippen LogP contribution is -2.26. The highest BCUT2D eigenvalue weighted by atomic mass is 32.2. The monoisotopic (exact) mass is 305 g/mol. The third kappa shape index (κ3) is 2.95. The van der Waals surface area contributed by atoms with Crippen molar-refractivity contribution in [3.63, 3.8) is 0 Å². The maximum absolute atomic E-state index is 13.3. The van der Waals surface area contributed by atoms with Crippen molar-refractivity contribution >= 4 is 21.4 Å². The molecule has 5 nitrogen and oxygen atoms in total. The van der Waals surface area contributed by atoms with E-state index in [1.54, 1.807) is 0 Å². The van der Waals surface area contributed by atoms with Gasteiger partial charge in [-0.25, -0.2) is 12.8 Å². The van der Waals surface area contributed by atoms with Crippen molar-refractivity contribution in [2.24, 2.45) is 0 Å². The molecule has 2 N–H and O–H groups in total. The first-order chi connectivity index (χ1) is 9.84. The molecule has 2 rings (SSSR count). The molecule has 108 valence electrons. The number of hydrogen-bond donors (Lipinski definition) is 1. The molecule has 0 bridgehead atoms. The zero-order valence-electron chi connectivity index (χ0n) is 11.1. The molecule has 0 fully saturated rings. The van der Waals surface area contributed by atoms with Gasteiger partial charge in [-0.1, -0.05) is 0 Å². The van der Waals surface area contributed by atoms with E-state index in [0.29, 0.717) is 11.3 Å². The summed E-state index contributed by atoms with van der Waals surface area (Å²) in [5.74, 6) is -0.721. The van der Waals surface area contributed by atoms with E-state index < -0.39 is 15.8 Å². The summed E-state index contributed by atoms with van der Waals surface area (Å²) in [4.78, 5) is -0.230. The van der Waals surface area contributed by atoms with Crippen LogP contribution in [0.4, 0.5) is 15.8 Å². The van der Waals surface area contributed by atoms with Gasteiger partial charge in [0.25, 0.3) is 10.0 Å². The minimum atomic E-state index is -3.93. The highest BCUT2D eigenvalue weighted by molar-refractivity contribution is 7.92. The van der Waals surface area contributed by atoms with Crippen LogP contribution in [0.25, 0.3) is 0 Å². The maximum atomic E-state index is 13.3. The molecule has 0 heterocycles. The number of nitrogen functional groups attached to an aromatic ring is 1. The third-order valence-corrected chi connectivity index (χ3v) is 4.68. The number of sulfonamides is 1. The van der Waals surface area contributed by atoms with Crippen LogP contribution >= 0.6 is 0 Å². The molecule has 0 aliphatic rings. The zero-order valence-corrected chi connectivity index (χ0v) is 11.9. The largest absolute Gasteiger partial charge is 0.399 e. The van der Waals surface area contributed by atoms with Crippen LogP contribution in [0.2, 0.25) is 0 Å². The van der Waals surface area contributed by atoms with Crippen molar-refractivity contribution in [2.45, 2.75) is 4.90 Å². The number of benzene rings is 2. The summed E-state index contributed by atoms with van der Waals surface area (Å²) >= 11 is 0. The molecule has 2 aromatic rings. The summed E-state index contributed by atoms with van der Waals surface area (Å²) < 4.78 is 39.2. The van der Waals surface area contributed by atoms with Crippen molar-refractivity contribution in [3.8, 4) is 6.07 Å². The van der Waals surface area contributed by atoms with Crippen LogP contribution in [0.1, 0.15) is 5.56 Å². The zero-order chi connectivity index (χ0) is 15.6. The van der Waals surface area contributed by atoms with Gasteiger partial charge in [0, 0.05) is 12.7 Å². The minimum absolute atomic E-state index is 0.0294. The van der Waals surface area contributed by atoms with Gasteiger partial charge in [-0.3, -0.25) is 4.31 Å². The fourth-order valence-electron chi connectivity index (χ4n) is 1.78. The molecule has 0 spiro atoms. The van der Waals surface area contributed by atoms with Crippen LogP contribution in [0, 0.1) is 17.1 Å².